The van der Waals surface area contributed by atoms with Gasteiger partial charge in [-0.05, 0) is 24.6 Å². The van der Waals surface area contributed by atoms with E-state index in [1.165, 1.54) is 12.1 Å². The predicted molar refractivity (Wildman–Crippen MR) is 45.6 cm³/mol. The minimum absolute atomic E-state index is 0.0391. The number of hydrogen-bond acceptors (Lipinski definition) is 3. The molecular weight excluding hydrogens is 178 g/mol. The normalized spacial score (nSPS) is 9.17. The fraction of sp³-hybridized carbons (Fsp3) is 0.125. The van der Waals surface area contributed by atoms with Crippen molar-refractivity contribution in [3.63, 3.8) is 0 Å². The van der Waals surface area contributed by atoms with E-state index in [0.29, 0.717) is 10.6 Å². The zero-order valence-electron chi connectivity index (χ0n) is 6.34. The molecule has 0 radical (unpaired) electrons. The van der Waals surface area contributed by atoms with Gasteiger partial charge >= 0.3 is 0 Å². The first-order valence-electron chi connectivity index (χ1n) is 3.22. The van der Waals surface area contributed by atoms with Crippen LogP contribution >= 0.6 is 11.6 Å². The van der Waals surface area contributed by atoms with Gasteiger partial charge in [0, 0.05) is 5.02 Å². The highest BCUT2D eigenvalue weighted by atomic mass is 35.5. The van der Waals surface area contributed by atoms with Gasteiger partial charge in [-0.25, -0.2) is 4.79 Å². The minimum Gasteiger partial charge on any atom is -0.505 e. The molecule has 12 heavy (non-hydrogen) atoms. The molecule has 0 heterocycles. The Kier molecular flexibility index (Phi) is 2.48. The molecule has 0 atom stereocenters. The van der Waals surface area contributed by atoms with Crippen LogP contribution in [0.15, 0.2) is 17.1 Å². The van der Waals surface area contributed by atoms with Crippen LogP contribution in [0.25, 0.3) is 0 Å². The Hall–Kier alpha value is -1.31. The lowest BCUT2D eigenvalue weighted by atomic mass is 10.2. The Labute approximate surface area is 74.3 Å². The summed E-state index contributed by atoms with van der Waals surface area (Å²) in [5, 5.41) is 9.75. The van der Waals surface area contributed by atoms with Crippen molar-refractivity contribution in [1.29, 1.82) is 0 Å². The number of aryl methyl sites for hydroxylation is 1. The molecule has 0 aromatic heterocycles. The molecular formula is C8H6ClNO2. The highest BCUT2D eigenvalue weighted by molar-refractivity contribution is 6.31. The molecule has 0 aliphatic heterocycles. The first kappa shape index (κ1) is 8.78. The minimum atomic E-state index is -0.0391. The molecule has 4 heteroatoms. The number of carbonyl (C=O) groups excluding carboxylic acids is 1. The summed E-state index contributed by atoms with van der Waals surface area (Å²) in [4.78, 5) is 13.2. The average molecular weight is 184 g/mol. The third kappa shape index (κ3) is 1.64. The van der Waals surface area contributed by atoms with Crippen LogP contribution in [-0.2, 0) is 4.79 Å². The van der Waals surface area contributed by atoms with Crippen LogP contribution in [0.3, 0.4) is 0 Å². The van der Waals surface area contributed by atoms with Gasteiger partial charge < -0.3 is 5.11 Å². The van der Waals surface area contributed by atoms with Crippen LogP contribution in [0.1, 0.15) is 5.56 Å². The molecule has 0 aliphatic rings. The Balaban J connectivity index is 3.36. The Morgan fingerprint density at radius 1 is 1.58 bits per heavy atom. The van der Waals surface area contributed by atoms with Crippen LogP contribution < -0.4 is 0 Å². The quantitative estimate of drug-likeness (QED) is 0.537. The number of hydrogen-bond donors (Lipinski definition) is 1. The van der Waals surface area contributed by atoms with Crippen LogP contribution in [0.2, 0.25) is 5.02 Å². The van der Waals surface area contributed by atoms with Crippen LogP contribution in [0.4, 0.5) is 5.69 Å². The second-order valence-electron chi connectivity index (χ2n) is 2.29. The number of phenolic OH excluding ortho intramolecular Hbond substituents is 1. The number of isocyanates is 1. The number of phenols is 1. The zero-order chi connectivity index (χ0) is 9.14. The maximum Gasteiger partial charge on any atom is 0.240 e. The van der Waals surface area contributed by atoms with Crippen molar-refractivity contribution < 1.29 is 9.90 Å². The van der Waals surface area contributed by atoms with Crippen LogP contribution in [0.5, 0.6) is 5.75 Å². The largest absolute Gasteiger partial charge is 0.505 e. The highest BCUT2D eigenvalue weighted by Gasteiger charge is 2.04. The zero-order valence-corrected chi connectivity index (χ0v) is 7.09. The first-order chi connectivity index (χ1) is 5.65. The standard InChI is InChI=1S/C8H6ClNO2/c1-5-2-6(9)3-7(8(5)12)10-4-11/h2-3,12H,1H3. The van der Waals surface area contributed by atoms with E-state index in [1.54, 1.807) is 13.0 Å². The molecule has 0 unspecified atom stereocenters. The van der Waals surface area contributed by atoms with E-state index >= 15 is 0 Å². The lowest BCUT2D eigenvalue weighted by Gasteiger charge is -2.01. The van der Waals surface area contributed by atoms with Crippen molar-refractivity contribution in [1.82, 2.24) is 0 Å². The lowest BCUT2D eigenvalue weighted by Crippen LogP contribution is -1.75. The Morgan fingerprint density at radius 2 is 2.25 bits per heavy atom. The molecule has 1 N–H and O–H groups in total. The number of aliphatic imine (C=N–C) groups is 1. The summed E-state index contributed by atoms with van der Waals surface area (Å²) >= 11 is 5.66. The number of halogens is 1. The van der Waals surface area contributed by atoms with Gasteiger partial charge in [0.05, 0.1) is 0 Å². The number of nitrogens with zero attached hydrogens (tertiary/aromatic N) is 1. The Morgan fingerprint density at radius 3 is 2.83 bits per heavy atom. The molecule has 0 saturated carbocycles. The van der Waals surface area contributed by atoms with Crippen LogP contribution in [0, 0.1) is 6.92 Å². The van der Waals surface area contributed by atoms with E-state index < -0.39 is 0 Å². The summed E-state index contributed by atoms with van der Waals surface area (Å²) in [6.45, 7) is 1.67. The van der Waals surface area contributed by atoms with Gasteiger partial charge in [0.15, 0.2) is 0 Å². The third-order valence-electron chi connectivity index (χ3n) is 1.41. The van der Waals surface area contributed by atoms with E-state index in [1.807, 2.05) is 0 Å². The SMILES string of the molecule is Cc1cc(Cl)cc(N=C=O)c1O. The summed E-state index contributed by atoms with van der Waals surface area (Å²) < 4.78 is 0. The average Bonchev–Trinajstić information content (AvgIpc) is 2.00. The fourth-order valence-electron chi connectivity index (χ4n) is 0.852. The summed E-state index contributed by atoms with van der Waals surface area (Å²) in [6.07, 6.45) is 1.34. The van der Waals surface area contributed by atoms with Crippen molar-refractivity contribution in [3.05, 3.63) is 22.7 Å². The van der Waals surface area contributed by atoms with Gasteiger partial charge in [-0.15, -0.1) is 0 Å². The summed E-state index contributed by atoms with van der Waals surface area (Å²) in [6, 6.07) is 2.98. The van der Waals surface area contributed by atoms with Crippen LogP contribution in [-0.4, -0.2) is 11.2 Å². The van der Waals surface area contributed by atoms with Crippen molar-refractivity contribution in [2.24, 2.45) is 4.99 Å². The lowest BCUT2D eigenvalue weighted by molar-refractivity contribution is 0.472. The topological polar surface area (TPSA) is 49.7 Å². The summed E-state index contributed by atoms with van der Waals surface area (Å²) in [5.74, 6) is -0.0391. The second kappa shape index (κ2) is 3.39. The molecule has 0 saturated heterocycles. The van der Waals surface area contributed by atoms with Crippen molar-refractivity contribution in [3.8, 4) is 5.75 Å². The van der Waals surface area contributed by atoms with Crippen molar-refractivity contribution in [2.75, 3.05) is 0 Å². The third-order valence-corrected chi connectivity index (χ3v) is 1.63. The van der Waals surface area contributed by atoms with E-state index in [9.17, 15) is 9.90 Å². The van der Waals surface area contributed by atoms with E-state index in [2.05, 4.69) is 4.99 Å². The molecule has 62 valence electrons. The highest BCUT2D eigenvalue weighted by Crippen LogP contribution is 2.32. The van der Waals surface area contributed by atoms with Gasteiger partial charge in [-0.3, -0.25) is 0 Å². The monoisotopic (exact) mass is 183 g/mol. The maximum absolute atomic E-state index is 9.90. The summed E-state index contributed by atoms with van der Waals surface area (Å²) in [5.41, 5.74) is 0.728. The first-order valence-corrected chi connectivity index (χ1v) is 3.60. The fourth-order valence-corrected chi connectivity index (χ4v) is 1.12. The molecule has 1 aromatic carbocycles. The van der Waals surface area contributed by atoms with E-state index in [4.69, 9.17) is 11.6 Å². The molecule has 3 nitrogen and oxygen atoms in total. The second-order valence-corrected chi connectivity index (χ2v) is 2.73. The van der Waals surface area contributed by atoms with Gasteiger partial charge in [0.25, 0.3) is 0 Å². The number of benzene rings is 1. The van der Waals surface area contributed by atoms with Gasteiger partial charge in [-0.1, -0.05) is 11.6 Å². The Bertz CT molecular complexity index is 356. The molecule has 1 rings (SSSR count). The molecule has 0 spiro atoms. The molecule has 0 amide bonds. The molecule has 0 aliphatic carbocycles. The maximum atomic E-state index is 9.90. The predicted octanol–water partition coefficient (Wildman–Crippen LogP) is 2.32. The molecule has 1 aromatic rings. The summed E-state index contributed by atoms with van der Waals surface area (Å²) in [7, 11) is 0. The van der Waals surface area contributed by atoms with Crippen molar-refractivity contribution in [2.45, 2.75) is 6.92 Å². The van der Waals surface area contributed by atoms with Crippen molar-refractivity contribution >= 4 is 23.4 Å². The van der Waals surface area contributed by atoms with E-state index in [0.717, 1.165) is 0 Å². The molecule has 0 fully saturated rings. The number of rotatable bonds is 1. The van der Waals surface area contributed by atoms with Gasteiger partial charge in [0.1, 0.15) is 11.4 Å². The number of aromatic hydroxyl groups is 1. The van der Waals surface area contributed by atoms with E-state index in [-0.39, 0.29) is 11.4 Å². The van der Waals surface area contributed by atoms with Gasteiger partial charge in [0.2, 0.25) is 6.08 Å². The van der Waals surface area contributed by atoms with Gasteiger partial charge in [-0.2, -0.15) is 4.99 Å². The molecule has 0 bridgehead atoms. The smallest absolute Gasteiger partial charge is 0.240 e.